The molecule has 1 amide bonds. The van der Waals surface area contributed by atoms with E-state index in [0.717, 1.165) is 0 Å². The number of likely N-dealkylation sites (N-methyl/N-ethyl adjacent to an activating group) is 1. The molecule has 0 bridgehead atoms. The van der Waals surface area contributed by atoms with Gasteiger partial charge >= 0.3 is 0 Å². The maximum Gasteiger partial charge on any atom is 0.242 e. The van der Waals surface area contributed by atoms with Gasteiger partial charge in [-0.15, -0.1) is 0 Å². The van der Waals surface area contributed by atoms with E-state index in [-0.39, 0.29) is 12.5 Å². The van der Waals surface area contributed by atoms with Crippen LogP contribution < -0.4 is 21.9 Å². The number of hydrogen-bond donors (Lipinski definition) is 4. The predicted molar refractivity (Wildman–Crippen MR) is 76.9 cm³/mol. The second kappa shape index (κ2) is 8.28. The van der Waals surface area contributed by atoms with Gasteiger partial charge < -0.3 is 20.8 Å². The molecule has 0 aliphatic heterocycles. The Bertz CT molecular complexity index is 440. The van der Waals surface area contributed by atoms with Crippen molar-refractivity contribution in [1.82, 2.24) is 15.3 Å². The van der Waals surface area contributed by atoms with Gasteiger partial charge in [0.25, 0.3) is 0 Å². The largest absolute Gasteiger partial charge is 0.374 e. The van der Waals surface area contributed by atoms with Gasteiger partial charge in [-0.3, -0.25) is 4.79 Å². The molecule has 0 saturated heterocycles. The monoisotopic (exact) mass is 282 g/mol. The summed E-state index contributed by atoms with van der Waals surface area (Å²) in [6, 6.07) is 1.22. The van der Waals surface area contributed by atoms with Crippen LogP contribution in [-0.2, 0) is 16.1 Å². The highest BCUT2D eigenvalue weighted by Gasteiger charge is 2.13. The lowest BCUT2D eigenvalue weighted by Crippen LogP contribution is -2.37. The minimum absolute atomic E-state index is 0.0975. The highest BCUT2D eigenvalue weighted by molar-refractivity contribution is 5.83. The molecule has 0 aliphatic carbocycles. The van der Waals surface area contributed by atoms with E-state index in [9.17, 15) is 4.79 Å². The Morgan fingerprint density at radius 3 is 2.70 bits per heavy atom. The van der Waals surface area contributed by atoms with Gasteiger partial charge in [-0.1, -0.05) is 0 Å². The molecule has 1 rings (SSSR count). The van der Waals surface area contributed by atoms with E-state index in [4.69, 9.17) is 10.6 Å². The SMILES string of the molecule is CCNC(=O)C(C)Nc1cc(NN)nc(COCC)n1. The number of rotatable bonds is 8. The minimum atomic E-state index is -0.407. The summed E-state index contributed by atoms with van der Waals surface area (Å²) < 4.78 is 5.26. The highest BCUT2D eigenvalue weighted by Crippen LogP contribution is 2.12. The Morgan fingerprint density at radius 1 is 1.40 bits per heavy atom. The molecule has 0 aromatic carbocycles. The Kier molecular flexibility index (Phi) is 6.68. The molecule has 5 N–H and O–H groups in total. The second-order valence-electron chi connectivity index (χ2n) is 4.10. The van der Waals surface area contributed by atoms with Crippen LogP contribution >= 0.6 is 0 Å². The molecule has 1 heterocycles. The maximum atomic E-state index is 11.7. The number of aromatic nitrogens is 2. The van der Waals surface area contributed by atoms with E-state index in [1.165, 1.54) is 0 Å². The van der Waals surface area contributed by atoms with Crippen LogP contribution in [0.4, 0.5) is 11.6 Å². The summed E-state index contributed by atoms with van der Waals surface area (Å²) in [5.74, 6) is 6.74. The Labute approximate surface area is 118 Å². The number of hydrogen-bond acceptors (Lipinski definition) is 7. The van der Waals surface area contributed by atoms with Crippen molar-refractivity contribution < 1.29 is 9.53 Å². The van der Waals surface area contributed by atoms with Crippen LogP contribution in [0.3, 0.4) is 0 Å². The van der Waals surface area contributed by atoms with Gasteiger partial charge in [-0.05, 0) is 20.8 Å². The van der Waals surface area contributed by atoms with Crippen molar-refractivity contribution in [1.29, 1.82) is 0 Å². The van der Waals surface area contributed by atoms with Gasteiger partial charge in [-0.25, -0.2) is 15.8 Å². The summed E-state index contributed by atoms with van der Waals surface area (Å²) in [4.78, 5) is 20.1. The maximum absolute atomic E-state index is 11.7. The third kappa shape index (κ3) is 4.98. The quantitative estimate of drug-likeness (QED) is 0.399. The summed E-state index contributed by atoms with van der Waals surface area (Å²) >= 11 is 0. The van der Waals surface area contributed by atoms with E-state index in [0.29, 0.717) is 30.6 Å². The third-order valence-electron chi connectivity index (χ3n) is 2.46. The van der Waals surface area contributed by atoms with Crippen molar-refractivity contribution in [2.24, 2.45) is 5.84 Å². The molecule has 8 nitrogen and oxygen atoms in total. The first-order valence-electron chi connectivity index (χ1n) is 6.57. The van der Waals surface area contributed by atoms with E-state index >= 15 is 0 Å². The third-order valence-corrected chi connectivity index (χ3v) is 2.46. The molecule has 1 aromatic rings. The van der Waals surface area contributed by atoms with Gasteiger partial charge in [0.15, 0.2) is 5.82 Å². The number of amides is 1. The zero-order chi connectivity index (χ0) is 15.0. The summed E-state index contributed by atoms with van der Waals surface area (Å²) in [5, 5.41) is 5.74. The van der Waals surface area contributed by atoms with E-state index in [1.807, 2.05) is 13.8 Å². The molecule has 1 unspecified atom stereocenters. The van der Waals surface area contributed by atoms with Crippen molar-refractivity contribution in [2.45, 2.75) is 33.4 Å². The lowest BCUT2D eigenvalue weighted by molar-refractivity contribution is -0.121. The van der Waals surface area contributed by atoms with Crippen molar-refractivity contribution in [3.05, 3.63) is 11.9 Å². The fourth-order valence-corrected chi connectivity index (χ4v) is 1.52. The number of nitrogen functional groups attached to an aromatic ring is 1. The van der Waals surface area contributed by atoms with Crippen LogP contribution in [0.2, 0.25) is 0 Å². The second-order valence-corrected chi connectivity index (χ2v) is 4.10. The van der Waals surface area contributed by atoms with Gasteiger partial charge in [0, 0.05) is 19.2 Å². The summed E-state index contributed by atoms with van der Waals surface area (Å²) in [5.41, 5.74) is 2.46. The summed E-state index contributed by atoms with van der Waals surface area (Å²) in [6.07, 6.45) is 0. The Morgan fingerprint density at radius 2 is 2.10 bits per heavy atom. The topological polar surface area (TPSA) is 114 Å². The molecule has 8 heteroatoms. The molecule has 20 heavy (non-hydrogen) atoms. The normalized spacial score (nSPS) is 11.8. The number of carbonyl (C=O) groups excluding carboxylic acids is 1. The lowest BCUT2D eigenvalue weighted by atomic mass is 10.3. The average molecular weight is 282 g/mol. The van der Waals surface area contributed by atoms with Crippen molar-refractivity contribution in [3.8, 4) is 0 Å². The van der Waals surface area contributed by atoms with E-state index in [2.05, 4.69) is 26.0 Å². The smallest absolute Gasteiger partial charge is 0.242 e. The standard InChI is InChI=1S/C12H22N6O2/c1-4-14-12(19)8(3)15-9-6-10(18-13)17-11(16-9)7-20-5-2/h6,8H,4-5,7,13H2,1-3H3,(H,14,19)(H2,15,16,17,18). The molecule has 1 aromatic heterocycles. The first kappa shape index (κ1) is 16.1. The first-order valence-corrected chi connectivity index (χ1v) is 6.57. The molecular formula is C12H22N6O2. The van der Waals surface area contributed by atoms with Gasteiger partial charge in [0.05, 0.1) is 0 Å². The van der Waals surface area contributed by atoms with E-state index < -0.39 is 6.04 Å². The number of anilines is 2. The molecule has 0 aliphatic rings. The van der Waals surface area contributed by atoms with Crippen LogP contribution in [0, 0.1) is 0 Å². The first-order chi connectivity index (χ1) is 9.60. The van der Waals surface area contributed by atoms with Crippen molar-refractivity contribution >= 4 is 17.5 Å². The number of nitrogens with two attached hydrogens (primary N) is 1. The van der Waals surface area contributed by atoms with Crippen LogP contribution in [0.1, 0.15) is 26.6 Å². The number of nitrogens with zero attached hydrogens (tertiary/aromatic N) is 2. The summed E-state index contributed by atoms with van der Waals surface area (Å²) in [7, 11) is 0. The fraction of sp³-hybridized carbons (Fsp3) is 0.583. The predicted octanol–water partition coefficient (Wildman–Crippen LogP) is 0.235. The van der Waals surface area contributed by atoms with Crippen molar-refractivity contribution in [2.75, 3.05) is 23.9 Å². The van der Waals surface area contributed by atoms with Gasteiger partial charge in [0.1, 0.15) is 24.3 Å². The molecule has 112 valence electrons. The fourth-order valence-electron chi connectivity index (χ4n) is 1.52. The molecule has 0 spiro atoms. The number of ether oxygens (including phenoxy) is 1. The Balaban J connectivity index is 2.79. The molecule has 0 radical (unpaired) electrons. The molecule has 0 saturated carbocycles. The zero-order valence-electron chi connectivity index (χ0n) is 12.1. The van der Waals surface area contributed by atoms with Gasteiger partial charge in [0.2, 0.25) is 5.91 Å². The van der Waals surface area contributed by atoms with Gasteiger partial charge in [-0.2, -0.15) is 0 Å². The lowest BCUT2D eigenvalue weighted by Gasteiger charge is -2.15. The van der Waals surface area contributed by atoms with E-state index in [1.54, 1.807) is 13.0 Å². The summed E-state index contributed by atoms with van der Waals surface area (Å²) in [6.45, 7) is 6.95. The highest BCUT2D eigenvalue weighted by atomic mass is 16.5. The molecule has 1 atom stereocenters. The average Bonchev–Trinajstić information content (AvgIpc) is 2.45. The number of carbonyl (C=O) groups is 1. The number of hydrazine groups is 1. The molecular weight excluding hydrogens is 260 g/mol. The zero-order valence-corrected chi connectivity index (χ0v) is 12.1. The Hall–Kier alpha value is -1.93. The van der Waals surface area contributed by atoms with Crippen LogP contribution in [0.15, 0.2) is 6.07 Å². The van der Waals surface area contributed by atoms with Crippen LogP contribution in [-0.4, -0.2) is 35.1 Å². The number of nitrogens with one attached hydrogen (secondary N) is 3. The van der Waals surface area contributed by atoms with Crippen LogP contribution in [0.25, 0.3) is 0 Å². The van der Waals surface area contributed by atoms with Crippen molar-refractivity contribution in [3.63, 3.8) is 0 Å². The minimum Gasteiger partial charge on any atom is -0.374 e. The van der Waals surface area contributed by atoms with Crippen LogP contribution in [0.5, 0.6) is 0 Å². The molecule has 0 fully saturated rings.